The van der Waals surface area contributed by atoms with Crippen molar-refractivity contribution in [2.24, 2.45) is 0 Å². The number of nitrogens with one attached hydrogen (secondary N) is 2. The summed E-state index contributed by atoms with van der Waals surface area (Å²) in [4.78, 5) is 0. The Bertz CT molecular complexity index is 304. The van der Waals surface area contributed by atoms with Crippen LogP contribution in [-0.4, -0.2) is 16.8 Å². The molecule has 0 aromatic rings. The van der Waals surface area contributed by atoms with E-state index in [1.54, 1.807) is 0 Å². The van der Waals surface area contributed by atoms with E-state index >= 15 is 0 Å². The predicted octanol–water partition coefficient (Wildman–Crippen LogP) is 1.83. The van der Waals surface area contributed by atoms with Crippen molar-refractivity contribution in [1.82, 2.24) is 10.6 Å². The smallest absolute Gasteiger partial charge is 0.353 e. The molecule has 2 aliphatic rings. The minimum absolute atomic E-state index is 0.0690. The van der Waals surface area contributed by atoms with Crippen molar-refractivity contribution in [3.05, 3.63) is 11.8 Å². The third-order valence-electron chi connectivity index (χ3n) is 2.58. The van der Waals surface area contributed by atoms with Crippen LogP contribution < -0.4 is 10.6 Å². The van der Waals surface area contributed by atoms with E-state index in [-0.39, 0.29) is 5.11 Å². The van der Waals surface area contributed by atoms with Gasteiger partial charge in [0.1, 0.15) is 5.70 Å². The van der Waals surface area contributed by atoms with Gasteiger partial charge in [0.25, 0.3) is 0 Å². The highest BCUT2D eigenvalue weighted by molar-refractivity contribution is 7.80. The van der Waals surface area contributed by atoms with Crippen LogP contribution in [0.1, 0.15) is 19.3 Å². The third kappa shape index (κ3) is 1.58. The van der Waals surface area contributed by atoms with Gasteiger partial charge < -0.3 is 10.6 Å². The fourth-order valence-electron chi connectivity index (χ4n) is 1.71. The van der Waals surface area contributed by atoms with Gasteiger partial charge in [-0.1, -0.05) is 0 Å². The lowest BCUT2D eigenvalue weighted by atomic mass is 9.75. The van der Waals surface area contributed by atoms with Crippen molar-refractivity contribution in [2.45, 2.75) is 31.0 Å². The average Bonchev–Trinajstić information content (AvgIpc) is 1.98. The molecule has 1 saturated carbocycles. The van der Waals surface area contributed by atoms with Crippen LogP contribution in [-0.2, 0) is 0 Å². The zero-order valence-corrected chi connectivity index (χ0v) is 8.06. The van der Waals surface area contributed by atoms with Crippen LogP contribution in [0.2, 0.25) is 0 Å². The summed E-state index contributed by atoms with van der Waals surface area (Å²) in [6, 6.07) is 0. The van der Waals surface area contributed by atoms with Gasteiger partial charge in [0.15, 0.2) is 5.11 Å². The molecule has 0 bridgehead atoms. The minimum Gasteiger partial charge on any atom is -0.353 e. The molecule has 78 valence electrons. The molecule has 6 heteroatoms. The lowest BCUT2D eigenvalue weighted by molar-refractivity contribution is -0.0965. The molecule has 1 heterocycles. The highest BCUT2D eigenvalue weighted by Gasteiger charge is 2.44. The Balaban J connectivity index is 2.28. The summed E-state index contributed by atoms with van der Waals surface area (Å²) >= 11 is 4.74. The Kier molecular flexibility index (Phi) is 1.99. The number of rotatable bonds is 0. The van der Waals surface area contributed by atoms with Crippen LogP contribution >= 0.6 is 12.2 Å². The summed E-state index contributed by atoms with van der Waals surface area (Å²) in [5, 5.41) is 5.08. The summed E-state index contributed by atoms with van der Waals surface area (Å²) in [5.74, 6) is 0. The number of alkyl halides is 3. The summed E-state index contributed by atoms with van der Waals surface area (Å²) in [5.41, 5.74) is -1.27. The molecule has 2 N–H and O–H groups in total. The van der Waals surface area contributed by atoms with Crippen molar-refractivity contribution < 1.29 is 13.2 Å². The Labute approximate surface area is 84.5 Å². The highest BCUT2D eigenvalue weighted by Crippen LogP contribution is 2.38. The number of halogens is 3. The van der Waals surface area contributed by atoms with Gasteiger partial charge in [-0.3, -0.25) is 0 Å². The highest BCUT2D eigenvalue weighted by atomic mass is 32.1. The second-order valence-corrected chi connectivity index (χ2v) is 4.05. The molecule has 2 rings (SSSR count). The second kappa shape index (κ2) is 2.85. The largest absolute Gasteiger partial charge is 0.431 e. The SMILES string of the molecule is FC(F)(F)C1=CC2(CCC2)NC(=S)N1. The van der Waals surface area contributed by atoms with E-state index < -0.39 is 17.4 Å². The molecule has 1 fully saturated rings. The first-order chi connectivity index (χ1) is 6.41. The topological polar surface area (TPSA) is 24.1 Å². The summed E-state index contributed by atoms with van der Waals surface area (Å²) in [6.45, 7) is 0. The Morgan fingerprint density at radius 2 is 2.00 bits per heavy atom. The van der Waals surface area contributed by atoms with Gasteiger partial charge in [-0.15, -0.1) is 0 Å². The maximum atomic E-state index is 12.4. The molecule has 1 spiro atoms. The summed E-state index contributed by atoms with van der Waals surface area (Å²) < 4.78 is 37.2. The molecule has 0 atom stereocenters. The maximum Gasteiger partial charge on any atom is 0.431 e. The summed E-state index contributed by atoms with van der Waals surface area (Å²) in [6.07, 6.45) is -0.749. The molecule has 1 aliphatic heterocycles. The standard InChI is InChI=1S/C8H9F3N2S/c9-8(10,11)5-4-7(2-1-3-7)13-6(14)12-5/h4H,1-3H2,(H2,12,13,14). The van der Waals surface area contributed by atoms with Crippen LogP contribution in [0.3, 0.4) is 0 Å². The van der Waals surface area contributed by atoms with E-state index in [1.165, 1.54) is 6.08 Å². The Morgan fingerprint density at radius 3 is 2.43 bits per heavy atom. The molecule has 14 heavy (non-hydrogen) atoms. The van der Waals surface area contributed by atoms with Gasteiger partial charge in [0, 0.05) is 0 Å². The first-order valence-electron chi connectivity index (χ1n) is 4.31. The first-order valence-corrected chi connectivity index (χ1v) is 4.71. The van der Waals surface area contributed by atoms with E-state index in [4.69, 9.17) is 12.2 Å². The minimum atomic E-state index is -4.34. The van der Waals surface area contributed by atoms with Gasteiger partial charge in [0.05, 0.1) is 5.54 Å². The number of thiocarbonyl (C=S) groups is 1. The van der Waals surface area contributed by atoms with E-state index in [0.29, 0.717) is 12.8 Å². The Morgan fingerprint density at radius 1 is 1.36 bits per heavy atom. The van der Waals surface area contributed by atoms with Gasteiger partial charge >= 0.3 is 6.18 Å². The van der Waals surface area contributed by atoms with Crippen molar-refractivity contribution in [1.29, 1.82) is 0 Å². The Hall–Kier alpha value is -0.780. The van der Waals surface area contributed by atoms with Crippen LogP contribution in [0.25, 0.3) is 0 Å². The molecule has 0 saturated heterocycles. The normalized spacial score (nSPS) is 24.8. The molecule has 0 aromatic carbocycles. The van der Waals surface area contributed by atoms with Crippen molar-refractivity contribution >= 4 is 17.3 Å². The maximum absolute atomic E-state index is 12.4. The van der Waals surface area contributed by atoms with E-state index in [1.807, 2.05) is 0 Å². The van der Waals surface area contributed by atoms with Crippen molar-refractivity contribution in [3.8, 4) is 0 Å². The average molecular weight is 222 g/mol. The quantitative estimate of drug-likeness (QED) is 0.611. The molecule has 0 unspecified atom stereocenters. The molecule has 2 nitrogen and oxygen atoms in total. The monoisotopic (exact) mass is 222 g/mol. The molecular weight excluding hydrogens is 213 g/mol. The van der Waals surface area contributed by atoms with Gasteiger partial charge in [-0.2, -0.15) is 13.2 Å². The zero-order valence-electron chi connectivity index (χ0n) is 7.24. The van der Waals surface area contributed by atoms with Crippen LogP contribution in [0.4, 0.5) is 13.2 Å². The first kappa shape index (κ1) is 9.76. The van der Waals surface area contributed by atoms with E-state index in [9.17, 15) is 13.2 Å². The third-order valence-corrected chi connectivity index (χ3v) is 2.79. The fraction of sp³-hybridized carbons (Fsp3) is 0.625. The van der Waals surface area contributed by atoms with Gasteiger partial charge in [-0.05, 0) is 37.6 Å². The van der Waals surface area contributed by atoms with Crippen molar-refractivity contribution in [2.75, 3.05) is 0 Å². The number of hydrogen-bond acceptors (Lipinski definition) is 1. The lowest BCUT2D eigenvalue weighted by Crippen LogP contribution is -2.59. The van der Waals surface area contributed by atoms with E-state index in [0.717, 1.165) is 6.42 Å². The zero-order chi connectivity index (χ0) is 10.4. The number of hydrogen-bond donors (Lipinski definition) is 2. The van der Waals surface area contributed by atoms with Crippen molar-refractivity contribution in [3.63, 3.8) is 0 Å². The summed E-state index contributed by atoms with van der Waals surface area (Å²) in [7, 11) is 0. The van der Waals surface area contributed by atoms with Gasteiger partial charge in [0.2, 0.25) is 0 Å². The molecular formula is C8H9F3N2S. The number of allylic oxidation sites excluding steroid dienone is 1. The molecule has 0 radical (unpaired) electrons. The molecule has 0 aromatic heterocycles. The predicted molar refractivity (Wildman–Crippen MR) is 49.6 cm³/mol. The molecule has 1 aliphatic carbocycles. The van der Waals surface area contributed by atoms with Crippen LogP contribution in [0, 0.1) is 0 Å². The van der Waals surface area contributed by atoms with Gasteiger partial charge in [-0.25, -0.2) is 0 Å². The van der Waals surface area contributed by atoms with Crippen LogP contribution in [0.5, 0.6) is 0 Å². The van der Waals surface area contributed by atoms with Crippen LogP contribution in [0.15, 0.2) is 11.8 Å². The fourth-order valence-corrected chi connectivity index (χ4v) is 2.02. The molecule has 0 amide bonds. The van der Waals surface area contributed by atoms with E-state index in [2.05, 4.69) is 10.6 Å². The lowest BCUT2D eigenvalue weighted by Gasteiger charge is -2.44. The second-order valence-electron chi connectivity index (χ2n) is 3.64.